The van der Waals surface area contributed by atoms with Crippen molar-refractivity contribution in [1.29, 1.82) is 0 Å². The van der Waals surface area contributed by atoms with Gasteiger partial charge in [-0.05, 0) is 61.4 Å². The molecule has 1 amide bonds. The zero-order chi connectivity index (χ0) is 15.9. The van der Waals surface area contributed by atoms with Gasteiger partial charge < -0.3 is 15.3 Å². The van der Waals surface area contributed by atoms with E-state index in [2.05, 4.69) is 10.5 Å². The Labute approximate surface area is 129 Å². The van der Waals surface area contributed by atoms with E-state index in [0.717, 1.165) is 16.8 Å². The molecule has 5 nitrogen and oxygen atoms in total. The first kappa shape index (κ1) is 15.6. The molecular formula is C17H18N2O3. The molecule has 5 heteroatoms. The molecule has 2 rings (SSSR count). The van der Waals surface area contributed by atoms with Crippen LogP contribution in [0.2, 0.25) is 0 Å². The van der Waals surface area contributed by atoms with Gasteiger partial charge in [0.25, 0.3) is 5.91 Å². The third kappa shape index (κ3) is 4.34. The van der Waals surface area contributed by atoms with E-state index in [1.807, 2.05) is 31.2 Å². The summed E-state index contributed by atoms with van der Waals surface area (Å²) in [5.41, 5.74) is 3.14. The molecule has 0 radical (unpaired) electrons. The second-order valence-corrected chi connectivity index (χ2v) is 4.92. The Bertz CT molecular complexity index is 679. The average Bonchev–Trinajstić information content (AvgIpc) is 2.52. The number of rotatable bonds is 5. The van der Waals surface area contributed by atoms with Crippen LogP contribution in [0.1, 0.15) is 18.1 Å². The minimum Gasteiger partial charge on any atom is -0.484 e. The largest absolute Gasteiger partial charge is 0.484 e. The second kappa shape index (κ2) is 7.26. The Morgan fingerprint density at radius 3 is 2.59 bits per heavy atom. The Hall–Kier alpha value is -2.82. The first-order chi connectivity index (χ1) is 10.6. The minimum absolute atomic E-state index is 0.0691. The van der Waals surface area contributed by atoms with Crippen LogP contribution >= 0.6 is 0 Å². The lowest BCUT2D eigenvalue weighted by Crippen LogP contribution is -2.20. The van der Waals surface area contributed by atoms with Crippen molar-refractivity contribution in [3.05, 3.63) is 59.7 Å². The van der Waals surface area contributed by atoms with Crippen molar-refractivity contribution in [2.45, 2.75) is 13.8 Å². The first-order valence-corrected chi connectivity index (χ1v) is 6.87. The predicted octanol–water partition coefficient (Wildman–Crippen LogP) is 3.21. The van der Waals surface area contributed by atoms with Crippen molar-refractivity contribution < 1.29 is 14.7 Å². The van der Waals surface area contributed by atoms with E-state index in [1.54, 1.807) is 31.2 Å². The third-order valence-electron chi connectivity index (χ3n) is 3.09. The quantitative estimate of drug-likeness (QED) is 0.506. The highest BCUT2D eigenvalue weighted by atomic mass is 16.5. The fourth-order valence-electron chi connectivity index (χ4n) is 1.92. The van der Waals surface area contributed by atoms with Gasteiger partial charge in [0.15, 0.2) is 6.61 Å². The van der Waals surface area contributed by atoms with Gasteiger partial charge in [0.1, 0.15) is 5.75 Å². The molecule has 0 unspecified atom stereocenters. The summed E-state index contributed by atoms with van der Waals surface area (Å²) < 4.78 is 5.42. The number of amides is 1. The van der Waals surface area contributed by atoms with Gasteiger partial charge in [-0.15, -0.1) is 0 Å². The summed E-state index contributed by atoms with van der Waals surface area (Å²) in [6, 6.07) is 14.6. The molecule has 0 saturated heterocycles. The van der Waals surface area contributed by atoms with Crippen LogP contribution in [0.25, 0.3) is 0 Å². The van der Waals surface area contributed by atoms with Gasteiger partial charge in [0.05, 0.1) is 5.71 Å². The molecular weight excluding hydrogens is 280 g/mol. The Kier molecular flexibility index (Phi) is 5.14. The lowest BCUT2D eigenvalue weighted by atomic mass is 10.1. The number of oxime groups is 1. The van der Waals surface area contributed by atoms with Crippen molar-refractivity contribution in [2.24, 2.45) is 5.16 Å². The molecule has 0 aliphatic heterocycles. The first-order valence-electron chi connectivity index (χ1n) is 6.87. The number of carbonyl (C=O) groups is 1. The number of hydrogen-bond acceptors (Lipinski definition) is 4. The number of ether oxygens (including phenoxy) is 1. The topological polar surface area (TPSA) is 70.9 Å². The minimum atomic E-state index is -0.220. The van der Waals surface area contributed by atoms with Crippen molar-refractivity contribution >= 4 is 17.3 Å². The van der Waals surface area contributed by atoms with Crippen LogP contribution in [-0.2, 0) is 4.79 Å². The van der Waals surface area contributed by atoms with Crippen LogP contribution in [-0.4, -0.2) is 23.4 Å². The molecule has 0 bridgehead atoms. The Balaban J connectivity index is 1.88. The highest BCUT2D eigenvalue weighted by Crippen LogP contribution is 2.13. The second-order valence-electron chi connectivity index (χ2n) is 4.92. The van der Waals surface area contributed by atoms with E-state index in [-0.39, 0.29) is 12.5 Å². The smallest absolute Gasteiger partial charge is 0.262 e. The summed E-state index contributed by atoms with van der Waals surface area (Å²) in [6.45, 7) is 3.59. The number of benzene rings is 2. The third-order valence-corrected chi connectivity index (χ3v) is 3.09. The highest BCUT2D eigenvalue weighted by molar-refractivity contribution is 5.98. The van der Waals surface area contributed by atoms with Crippen molar-refractivity contribution in [2.75, 3.05) is 11.9 Å². The summed E-state index contributed by atoms with van der Waals surface area (Å²) in [5, 5.41) is 14.6. The van der Waals surface area contributed by atoms with Crippen LogP contribution in [0.15, 0.2) is 53.7 Å². The maximum Gasteiger partial charge on any atom is 0.262 e. The molecule has 0 heterocycles. The molecule has 0 aliphatic carbocycles. The summed E-state index contributed by atoms with van der Waals surface area (Å²) in [4.78, 5) is 11.8. The van der Waals surface area contributed by atoms with Crippen LogP contribution in [0, 0.1) is 6.92 Å². The molecule has 2 aromatic carbocycles. The molecule has 0 aromatic heterocycles. The van der Waals surface area contributed by atoms with Crippen LogP contribution in [0.4, 0.5) is 5.69 Å². The monoisotopic (exact) mass is 298 g/mol. The highest BCUT2D eigenvalue weighted by Gasteiger charge is 2.04. The van der Waals surface area contributed by atoms with E-state index in [0.29, 0.717) is 11.5 Å². The average molecular weight is 298 g/mol. The number of nitrogens with one attached hydrogen (secondary N) is 1. The molecule has 2 N–H and O–H groups in total. The fourth-order valence-corrected chi connectivity index (χ4v) is 1.92. The Morgan fingerprint density at radius 2 is 1.95 bits per heavy atom. The zero-order valence-electron chi connectivity index (χ0n) is 12.5. The van der Waals surface area contributed by atoms with Crippen molar-refractivity contribution in [1.82, 2.24) is 0 Å². The molecule has 114 valence electrons. The SMILES string of the molecule is C/C(=N\O)c1ccc(OCC(=O)Nc2cccc(C)c2)cc1. The van der Waals surface area contributed by atoms with Crippen LogP contribution in [0.3, 0.4) is 0 Å². The molecule has 0 spiro atoms. The van der Waals surface area contributed by atoms with E-state index in [4.69, 9.17) is 9.94 Å². The zero-order valence-corrected chi connectivity index (χ0v) is 12.5. The van der Waals surface area contributed by atoms with Gasteiger partial charge in [-0.2, -0.15) is 0 Å². The number of hydrogen-bond donors (Lipinski definition) is 2. The van der Waals surface area contributed by atoms with Crippen LogP contribution < -0.4 is 10.1 Å². The number of carbonyl (C=O) groups excluding carboxylic acids is 1. The normalized spacial score (nSPS) is 11.1. The maximum absolute atomic E-state index is 11.8. The number of anilines is 1. The maximum atomic E-state index is 11.8. The summed E-state index contributed by atoms with van der Waals surface area (Å²) in [7, 11) is 0. The lowest BCUT2D eigenvalue weighted by Gasteiger charge is -2.08. The van der Waals surface area contributed by atoms with Gasteiger partial charge in [-0.1, -0.05) is 17.3 Å². The molecule has 0 atom stereocenters. The molecule has 2 aromatic rings. The van der Waals surface area contributed by atoms with E-state index in [1.165, 1.54) is 0 Å². The molecule has 0 saturated carbocycles. The summed E-state index contributed by atoms with van der Waals surface area (Å²) in [5.74, 6) is 0.358. The van der Waals surface area contributed by atoms with Gasteiger partial charge in [0, 0.05) is 5.69 Å². The summed E-state index contributed by atoms with van der Waals surface area (Å²) >= 11 is 0. The van der Waals surface area contributed by atoms with Gasteiger partial charge in [0.2, 0.25) is 0 Å². The van der Waals surface area contributed by atoms with Gasteiger partial charge >= 0.3 is 0 Å². The van der Waals surface area contributed by atoms with E-state index in [9.17, 15) is 4.79 Å². The van der Waals surface area contributed by atoms with Crippen molar-refractivity contribution in [3.63, 3.8) is 0 Å². The van der Waals surface area contributed by atoms with Gasteiger partial charge in [-0.25, -0.2) is 0 Å². The molecule has 0 fully saturated rings. The number of nitrogens with zero attached hydrogens (tertiary/aromatic N) is 1. The van der Waals surface area contributed by atoms with Gasteiger partial charge in [-0.3, -0.25) is 4.79 Å². The predicted molar refractivity (Wildman–Crippen MR) is 85.7 cm³/mol. The van der Waals surface area contributed by atoms with Crippen molar-refractivity contribution in [3.8, 4) is 5.75 Å². The fraction of sp³-hybridized carbons (Fsp3) is 0.176. The van der Waals surface area contributed by atoms with E-state index < -0.39 is 0 Å². The summed E-state index contributed by atoms with van der Waals surface area (Å²) in [6.07, 6.45) is 0. The molecule has 0 aliphatic rings. The Morgan fingerprint density at radius 1 is 1.23 bits per heavy atom. The van der Waals surface area contributed by atoms with Crippen LogP contribution in [0.5, 0.6) is 5.75 Å². The number of aryl methyl sites for hydroxylation is 1. The standard InChI is InChI=1S/C17H18N2O3/c1-12-4-3-5-15(10-12)18-17(20)11-22-16-8-6-14(7-9-16)13(2)19-21/h3-10,21H,11H2,1-2H3,(H,18,20)/b19-13+. The van der Waals surface area contributed by atoms with E-state index >= 15 is 0 Å². The lowest BCUT2D eigenvalue weighted by molar-refractivity contribution is -0.118. The molecule has 22 heavy (non-hydrogen) atoms.